The van der Waals surface area contributed by atoms with Crippen LogP contribution in [0.15, 0.2) is 42.6 Å². The molecule has 0 unspecified atom stereocenters. The summed E-state index contributed by atoms with van der Waals surface area (Å²) in [5.74, 6) is -0.914. The van der Waals surface area contributed by atoms with Gasteiger partial charge in [0.05, 0.1) is 12.8 Å². The Bertz CT molecular complexity index is 1670. The average molecular weight is 624 g/mol. The van der Waals surface area contributed by atoms with E-state index in [4.69, 9.17) is 24.8 Å². The van der Waals surface area contributed by atoms with Crippen LogP contribution in [0.1, 0.15) is 62.5 Å². The van der Waals surface area contributed by atoms with Crippen molar-refractivity contribution >= 4 is 11.9 Å². The third-order valence-corrected chi connectivity index (χ3v) is 7.57. The highest BCUT2D eigenvalue weighted by atomic mass is 19.3. The normalized spacial score (nSPS) is 13.4. The summed E-state index contributed by atoms with van der Waals surface area (Å²) in [4.78, 5) is 22.5. The minimum Gasteiger partial charge on any atom is -0.481 e. The monoisotopic (exact) mass is 623 g/mol. The highest BCUT2D eigenvalue weighted by Gasteiger charge is 2.36. The molecule has 5 rings (SSSR count). The Kier molecular flexibility index (Phi) is 8.90. The summed E-state index contributed by atoms with van der Waals surface area (Å²) >= 11 is 0. The van der Waals surface area contributed by atoms with Crippen LogP contribution in [0.4, 0.5) is 25.1 Å². The lowest BCUT2D eigenvalue weighted by atomic mass is 10.1. The largest absolute Gasteiger partial charge is 0.481 e. The smallest absolute Gasteiger partial charge is 0.318 e. The van der Waals surface area contributed by atoms with Crippen LogP contribution in [-0.4, -0.2) is 68.7 Å². The van der Waals surface area contributed by atoms with Gasteiger partial charge in [-0.3, -0.25) is 0 Å². The van der Waals surface area contributed by atoms with E-state index >= 15 is 0 Å². The van der Waals surface area contributed by atoms with Crippen LogP contribution in [0.2, 0.25) is 0 Å². The van der Waals surface area contributed by atoms with Crippen LogP contribution in [0.25, 0.3) is 22.8 Å². The molecule has 1 aliphatic rings. The zero-order chi connectivity index (χ0) is 32.6. The summed E-state index contributed by atoms with van der Waals surface area (Å²) in [5.41, 5.74) is 3.61. The topological polar surface area (TPSA) is 90.0 Å². The lowest BCUT2D eigenvalue weighted by molar-refractivity contribution is -0.0318. The van der Waals surface area contributed by atoms with Gasteiger partial charge in [0.15, 0.2) is 12.5 Å². The van der Waals surface area contributed by atoms with Crippen molar-refractivity contribution in [2.75, 3.05) is 44.2 Å². The number of methoxy groups -OCH3 is 1. The van der Waals surface area contributed by atoms with Crippen molar-refractivity contribution in [3.05, 3.63) is 59.6 Å². The van der Waals surface area contributed by atoms with E-state index in [2.05, 4.69) is 11.6 Å². The molecular formula is C32H40F3N9O. The molecule has 1 aliphatic carbocycles. The number of rotatable bonds is 13. The Morgan fingerprint density at radius 3 is 2.31 bits per heavy atom. The van der Waals surface area contributed by atoms with E-state index < -0.39 is 18.3 Å². The van der Waals surface area contributed by atoms with Crippen LogP contribution in [-0.2, 0) is 19.5 Å². The van der Waals surface area contributed by atoms with Gasteiger partial charge >= 0.3 is 5.92 Å². The molecule has 0 bridgehead atoms. The first-order valence-corrected chi connectivity index (χ1v) is 14.9. The number of aryl methyl sites for hydroxylation is 1. The molecule has 13 heteroatoms. The molecular weight excluding hydrogens is 583 g/mol. The second-order valence-corrected chi connectivity index (χ2v) is 12.1. The maximum atomic E-state index is 14.2. The molecule has 0 radical (unpaired) electrons. The number of ether oxygens (including phenoxy) is 1. The lowest BCUT2D eigenvalue weighted by Crippen LogP contribution is -2.28. The molecule has 4 aromatic rings. The highest BCUT2D eigenvalue weighted by molar-refractivity contribution is 5.69. The minimum absolute atomic E-state index is 0.148. The standard InChI is InChI=1S/C32H40F3N9O/c1-19(2)15-43(16-21-9-11-23(12-10-21)28-36-24(32(34,35)18-33)17-44(28)20(3)4)31-38-27(37-30(39-31)41(5)6)25-26(22-13-14-22)40-42(7)29(25)45-8/h9-12,17,20,22H,1,13-16,18H2,2-8H3. The summed E-state index contributed by atoms with van der Waals surface area (Å²) < 4.78 is 50.5. The van der Waals surface area contributed by atoms with Gasteiger partial charge in [-0.25, -0.2) is 14.1 Å². The van der Waals surface area contributed by atoms with Gasteiger partial charge in [0.2, 0.25) is 17.8 Å². The average Bonchev–Trinajstić information content (AvgIpc) is 3.64. The Morgan fingerprint density at radius 2 is 1.76 bits per heavy atom. The molecule has 1 aromatic carbocycles. The third kappa shape index (κ3) is 6.66. The summed E-state index contributed by atoms with van der Waals surface area (Å²) in [6, 6.07) is 7.35. The number of imidazole rings is 1. The number of aromatic nitrogens is 7. The number of hydrogen-bond donors (Lipinski definition) is 0. The summed E-state index contributed by atoms with van der Waals surface area (Å²) in [6.45, 7) is 8.92. The number of hydrogen-bond acceptors (Lipinski definition) is 8. The van der Waals surface area contributed by atoms with E-state index in [1.165, 1.54) is 6.20 Å². The van der Waals surface area contributed by atoms with E-state index in [-0.39, 0.29) is 6.04 Å². The maximum Gasteiger partial charge on any atom is 0.318 e. The van der Waals surface area contributed by atoms with E-state index in [1.807, 2.05) is 76.0 Å². The predicted octanol–water partition coefficient (Wildman–Crippen LogP) is 6.31. The summed E-state index contributed by atoms with van der Waals surface area (Å²) in [6.07, 6.45) is 3.34. The van der Waals surface area contributed by atoms with Gasteiger partial charge in [-0.2, -0.15) is 28.8 Å². The van der Waals surface area contributed by atoms with Gasteiger partial charge in [0.1, 0.15) is 17.1 Å². The molecule has 1 fully saturated rings. The quantitative estimate of drug-likeness (QED) is 0.160. The fourth-order valence-corrected chi connectivity index (χ4v) is 5.17. The van der Waals surface area contributed by atoms with Crippen LogP contribution in [0.5, 0.6) is 5.88 Å². The molecule has 45 heavy (non-hydrogen) atoms. The predicted molar refractivity (Wildman–Crippen MR) is 169 cm³/mol. The van der Waals surface area contributed by atoms with Crippen molar-refractivity contribution in [1.29, 1.82) is 0 Å². The molecule has 0 atom stereocenters. The highest BCUT2D eigenvalue weighted by Crippen LogP contribution is 2.46. The maximum absolute atomic E-state index is 14.2. The summed E-state index contributed by atoms with van der Waals surface area (Å²) in [5, 5.41) is 4.74. The van der Waals surface area contributed by atoms with E-state index in [0.717, 1.165) is 35.2 Å². The fourth-order valence-electron chi connectivity index (χ4n) is 5.17. The van der Waals surface area contributed by atoms with Gasteiger partial charge in [-0.15, -0.1) is 0 Å². The molecule has 0 saturated heterocycles. The first-order chi connectivity index (χ1) is 21.3. The van der Waals surface area contributed by atoms with E-state index in [0.29, 0.717) is 54.0 Å². The molecule has 0 spiro atoms. The first-order valence-electron chi connectivity index (χ1n) is 14.9. The van der Waals surface area contributed by atoms with Gasteiger partial charge in [0, 0.05) is 58.0 Å². The molecule has 0 amide bonds. The fraction of sp³-hybridized carbons (Fsp3) is 0.469. The molecule has 10 nitrogen and oxygen atoms in total. The van der Waals surface area contributed by atoms with Crippen molar-refractivity contribution in [3.63, 3.8) is 0 Å². The van der Waals surface area contributed by atoms with Crippen molar-refractivity contribution in [1.82, 2.24) is 34.3 Å². The number of alkyl halides is 3. The van der Waals surface area contributed by atoms with Crippen LogP contribution in [0, 0.1) is 0 Å². The van der Waals surface area contributed by atoms with Crippen molar-refractivity contribution in [2.24, 2.45) is 7.05 Å². The molecule has 0 aliphatic heterocycles. The summed E-state index contributed by atoms with van der Waals surface area (Å²) in [7, 11) is 7.22. The van der Waals surface area contributed by atoms with E-state index in [1.54, 1.807) is 16.4 Å². The Balaban J connectivity index is 1.52. The van der Waals surface area contributed by atoms with Gasteiger partial charge in [-0.1, -0.05) is 36.4 Å². The van der Waals surface area contributed by atoms with Crippen LogP contribution < -0.4 is 14.5 Å². The molecule has 3 aromatic heterocycles. The minimum atomic E-state index is -3.65. The van der Waals surface area contributed by atoms with Gasteiger partial charge in [-0.05, 0) is 39.2 Å². The molecule has 0 N–H and O–H groups in total. The molecule has 240 valence electrons. The van der Waals surface area contributed by atoms with Gasteiger partial charge in [0.25, 0.3) is 0 Å². The van der Waals surface area contributed by atoms with Crippen molar-refractivity contribution < 1.29 is 17.9 Å². The number of anilines is 2. The second kappa shape index (κ2) is 12.5. The number of halogens is 3. The van der Waals surface area contributed by atoms with Crippen LogP contribution in [0.3, 0.4) is 0 Å². The van der Waals surface area contributed by atoms with E-state index in [9.17, 15) is 13.2 Å². The Labute approximate surface area is 261 Å². The third-order valence-electron chi connectivity index (χ3n) is 7.57. The first kappa shape index (κ1) is 32.0. The Morgan fingerprint density at radius 1 is 1.09 bits per heavy atom. The number of nitrogens with zero attached hydrogens (tertiary/aromatic N) is 9. The zero-order valence-corrected chi connectivity index (χ0v) is 26.9. The SMILES string of the molecule is C=C(C)CN(Cc1ccc(-c2nc(C(F)(F)CF)cn2C(C)C)cc1)c1nc(-c2c(C3CC3)nn(C)c2OC)nc(N(C)C)n1. The van der Waals surface area contributed by atoms with Crippen LogP contribution >= 0.6 is 0 Å². The number of benzene rings is 1. The zero-order valence-electron chi connectivity index (χ0n) is 26.9. The van der Waals surface area contributed by atoms with Gasteiger partial charge < -0.3 is 19.1 Å². The Hall–Kier alpha value is -4.42. The van der Waals surface area contributed by atoms with Crippen molar-refractivity contribution in [2.45, 2.75) is 58.0 Å². The molecule has 1 saturated carbocycles. The van der Waals surface area contributed by atoms with Crippen molar-refractivity contribution in [3.8, 4) is 28.7 Å². The second-order valence-electron chi connectivity index (χ2n) is 12.1. The molecule has 3 heterocycles. The lowest BCUT2D eigenvalue weighted by Gasteiger charge is -2.25.